The predicted molar refractivity (Wildman–Crippen MR) is 81.1 cm³/mol. The van der Waals surface area contributed by atoms with Gasteiger partial charge in [0, 0.05) is 31.6 Å². The molecule has 2 aromatic rings. The lowest BCUT2D eigenvalue weighted by Crippen LogP contribution is -2.35. The van der Waals surface area contributed by atoms with Crippen LogP contribution < -0.4 is 4.90 Å². The number of likely N-dealkylation sites (tertiary alicyclic amines) is 1. The summed E-state index contributed by atoms with van der Waals surface area (Å²) in [4.78, 5) is 19.6. The van der Waals surface area contributed by atoms with E-state index in [4.69, 9.17) is 0 Å². The third-order valence-corrected chi connectivity index (χ3v) is 4.11. The van der Waals surface area contributed by atoms with Crippen LogP contribution in [-0.2, 0) is 4.79 Å². The van der Waals surface area contributed by atoms with Crippen LogP contribution in [0.2, 0.25) is 0 Å². The van der Waals surface area contributed by atoms with Crippen molar-refractivity contribution in [2.75, 3.05) is 31.6 Å². The minimum absolute atomic E-state index is 0.456. The number of carbonyl (C=O) groups is 1. The Morgan fingerprint density at radius 2 is 2.30 bits per heavy atom. The second-order valence-electron chi connectivity index (χ2n) is 5.37. The first-order valence-corrected chi connectivity index (χ1v) is 7.01. The molecule has 0 N–H and O–H groups in total. The van der Waals surface area contributed by atoms with Crippen LogP contribution in [0.15, 0.2) is 36.5 Å². The third kappa shape index (κ3) is 2.51. The van der Waals surface area contributed by atoms with Gasteiger partial charge >= 0.3 is 0 Å². The molecule has 0 amide bonds. The van der Waals surface area contributed by atoms with Gasteiger partial charge in [0.25, 0.3) is 0 Å². The second kappa shape index (κ2) is 5.59. The van der Waals surface area contributed by atoms with Gasteiger partial charge in [0.1, 0.15) is 6.29 Å². The molecule has 1 aromatic carbocycles. The molecule has 0 unspecified atom stereocenters. The molecule has 3 rings (SSSR count). The first-order chi connectivity index (χ1) is 9.78. The molecule has 4 heteroatoms. The van der Waals surface area contributed by atoms with Crippen LogP contribution in [0.4, 0.5) is 5.69 Å². The van der Waals surface area contributed by atoms with Gasteiger partial charge in [0.05, 0.1) is 23.9 Å². The molecule has 1 aromatic heterocycles. The van der Waals surface area contributed by atoms with Crippen LogP contribution in [-0.4, -0.2) is 48.9 Å². The normalized spacial score (nSPS) is 19.4. The van der Waals surface area contributed by atoms with Crippen LogP contribution in [0.25, 0.3) is 10.9 Å². The highest BCUT2D eigenvalue weighted by molar-refractivity contribution is 5.81. The minimum atomic E-state index is 0.456. The van der Waals surface area contributed by atoms with E-state index in [0.29, 0.717) is 12.6 Å². The molecular weight excluding hydrogens is 250 g/mol. The minimum Gasteiger partial charge on any atom is -0.369 e. The summed E-state index contributed by atoms with van der Waals surface area (Å²) >= 11 is 0. The number of rotatable bonds is 4. The Hall–Kier alpha value is -1.94. The largest absolute Gasteiger partial charge is 0.369 e. The van der Waals surface area contributed by atoms with Gasteiger partial charge in [-0.05, 0) is 18.6 Å². The summed E-state index contributed by atoms with van der Waals surface area (Å²) in [7, 11) is 2.11. The zero-order valence-corrected chi connectivity index (χ0v) is 11.7. The van der Waals surface area contributed by atoms with E-state index in [1.54, 1.807) is 0 Å². The molecule has 0 bridgehead atoms. The fourth-order valence-corrected chi connectivity index (χ4v) is 2.86. The van der Waals surface area contributed by atoms with Crippen molar-refractivity contribution in [2.24, 2.45) is 0 Å². The van der Waals surface area contributed by atoms with Gasteiger partial charge in [-0.1, -0.05) is 18.2 Å². The molecule has 1 aliphatic rings. The summed E-state index contributed by atoms with van der Waals surface area (Å²) in [5.41, 5.74) is 2.17. The number of likely N-dealkylation sites (N-methyl/N-ethyl adjacent to an activating group) is 1. The summed E-state index contributed by atoms with van der Waals surface area (Å²) in [5, 5.41) is 1.17. The van der Waals surface area contributed by atoms with E-state index in [2.05, 4.69) is 34.0 Å². The van der Waals surface area contributed by atoms with Crippen LogP contribution in [0, 0.1) is 0 Å². The number of aldehydes is 1. The topological polar surface area (TPSA) is 36.4 Å². The third-order valence-electron chi connectivity index (χ3n) is 4.11. The van der Waals surface area contributed by atoms with E-state index < -0.39 is 0 Å². The lowest BCUT2D eigenvalue weighted by molar-refractivity contribution is -0.108. The van der Waals surface area contributed by atoms with E-state index in [-0.39, 0.29) is 0 Å². The van der Waals surface area contributed by atoms with Gasteiger partial charge in [-0.3, -0.25) is 9.88 Å². The number of para-hydroxylation sites is 1. The molecule has 2 heterocycles. The van der Waals surface area contributed by atoms with Gasteiger partial charge in [0.15, 0.2) is 0 Å². The Morgan fingerprint density at radius 1 is 1.45 bits per heavy atom. The molecule has 1 aliphatic heterocycles. The smallest absolute Gasteiger partial charge is 0.133 e. The summed E-state index contributed by atoms with van der Waals surface area (Å²) in [6.07, 6.45) is 4.02. The van der Waals surface area contributed by atoms with Crippen molar-refractivity contribution in [3.05, 3.63) is 36.5 Å². The van der Waals surface area contributed by atoms with Gasteiger partial charge in [-0.2, -0.15) is 0 Å². The van der Waals surface area contributed by atoms with Crippen LogP contribution in [0.3, 0.4) is 0 Å². The number of hydrogen-bond donors (Lipinski definition) is 0. The van der Waals surface area contributed by atoms with E-state index in [1.165, 1.54) is 5.39 Å². The molecule has 0 radical (unpaired) electrons. The van der Waals surface area contributed by atoms with Crippen LogP contribution in [0.5, 0.6) is 0 Å². The van der Waals surface area contributed by atoms with Crippen molar-refractivity contribution < 1.29 is 4.79 Å². The van der Waals surface area contributed by atoms with Gasteiger partial charge in [0.2, 0.25) is 0 Å². The van der Waals surface area contributed by atoms with Crippen molar-refractivity contribution >= 4 is 22.9 Å². The molecule has 4 nitrogen and oxygen atoms in total. The van der Waals surface area contributed by atoms with Crippen molar-refractivity contribution in [1.29, 1.82) is 0 Å². The van der Waals surface area contributed by atoms with E-state index in [9.17, 15) is 4.79 Å². The summed E-state index contributed by atoms with van der Waals surface area (Å²) in [6.45, 7) is 2.48. The maximum atomic E-state index is 10.6. The molecule has 1 atom stereocenters. The van der Waals surface area contributed by atoms with Gasteiger partial charge in [-0.25, -0.2) is 0 Å². The predicted octanol–water partition coefficient (Wildman–Crippen LogP) is 1.94. The Labute approximate surface area is 119 Å². The number of fused-ring (bicyclic) bond motifs is 1. The van der Waals surface area contributed by atoms with E-state index in [1.807, 2.05) is 24.4 Å². The average molecular weight is 269 g/mol. The Kier molecular flexibility index (Phi) is 3.65. The van der Waals surface area contributed by atoms with Crippen molar-refractivity contribution in [2.45, 2.75) is 12.5 Å². The molecule has 1 saturated heterocycles. The number of carbonyl (C=O) groups excluding carboxylic acids is 1. The number of pyridine rings is 1. The molecular formula is C16H19N3O. The molecule has 0 saturated carbocycles. The number of aromatic nitrogens is 1. The number of anilines is 1. The molecule has 20 heavy (non-hydrogen) atoms. The van der Waals surface area contributed by atoms with Gasteiger partial charge < -0.3 is 9.69 Å². The first-order valence-electron chi connectivity index (χ1n) is 7.01. The quantitative estimate of drug-likeness (QED) is 0.795. The Bertz CT molecular complexity index is 613. The van der Waals surface area contributed by atoms with Gasteiger partial charge in [-0.15, -0.1) is 0 Å². The monoisotopic (exact) mass is 269 g/mol. The Balaban J connectivity index is 1.78. The van der Waals surface area contributed by atoms with Crippen molar-refractivity contribution in [3.8, 4) is 0 Å². The molecule has 0 spiro atoms. The first kappa shape index (κ1) is 13.1. The molecule has 104 valence electrons. The summed E-state index contributed by atoms with van der Waals surface area (Å²) < 4.78 is 0. The summed E-state index contributed by atoms with van der Waals surface area (Å²) in [5.74, 6) is 0. The van der Waals surface area contributed by atoms with E-state index >= 15 is 0 Å². The summed E-state index contributed by atoms with van der Waals surface area (Å²) in [6, 6.07) is 10.8. The average Bonchev–Trinajstić information content (AvgIpc) is 2.95. The SMILES string of the molecule is CN(c1cnc2ccccc2c1)[C@@H]1CCN(CC=O)C1. The van der Waals surface area contributed by atoms with Crippen molar-refractivity contribution in [3.63, 3.8) is 0 Å². The zero-order valence-electron chi connectivity index (χ0n) is 11.7. The fraction of sp³-hybridized carbons (Fsp3) is 0.375. The molecule has 1 fully saturated rings. The van der Waals surface area contributed by atoms with Crippen LogP contribution in [0.1, 0.15) is 6.42 Å². The highest BCUT2D eigenvalue weighted by Gasteiger charge is 2.25. The zero-order chi connectivity index (χ0) is 13.9. The highest BCUT2D eigenvalue weighted by atomic mass is 16.1. The standard InChI is InChI=1S/C16H19N3O/c1-18(14-6-7-19(12-14)8-9-20)15-10-13-4-2-3-5-16(13)17-11-15/h2-5,9-11,14H,6-8,12H2,1H3/t14-/m1/s1. The number of hydrogen-bond acceptors (Lipinski definition) is 4. The Morgan fingerprint density at radius 3 is 3.15 bits per heavy atom. The fourth-order valence-electron chi connectivity index (χ4n) is 2.86. The maximum Gasteiger partial charge on any atom is 0.133 e. The second-order valence-corrected chi connectivity index (χ2v) is 5.37. The maximum absolute atomic E-state index is 10.6. The van der Waals surface area contributed by atoms with E-state index in [0.717, 1.165) is 37.0 Å². The number of benzene rings is 1. The molecule has 0 aliphatic carbocycles. The van der Waals surface area contributed by atoms with Crippen molar-refractivity contribution in [1.82, 2.24) is 9.88 Å². The van der Waals surface area contributed by atoms with Crippen LogP contribution >= 0.6 is 0 Å². The lowest BCUT2D eigenvalue weighted by atomic mass is 10.1. The highest BCUT2D eigenvalue weighted by Crippen LogP contribution is 2.23. The number of nitrogens with zero attached hydrogens (tertiary/aromatic N) is 3. The lowest BCUT2D eigenvalue weighted by Gasteiger charge is -2.26.